The summed E-state index contributed by atoms with van der Waals surface area (Å²) < 4.78 is 0. The van der Waals surface area contributed by atoms with E-state index < -0.39 is 0 Å². The first-order valence-corrected chi connectivity index (χ1v) is 5.40. The van der Waals surface area contributed by atoms with Gasteiger partial charge >= 0.3 is 0 Å². The summed E-state index contributed by atoms with van der Waals surface area (Å²) in [6.07, 6.45) is 0. The highest BCUT2D eigenvalue weighted by atomic mass is 15.0. The third-order valence-electron chi connectivity index (χ3n) is 3.45. The molecule has 1 aromatic rings. The quantitative estimate of drug-likeness (QED) is 0.716. The zero-order valence-electron chi connectivity index (χ0n) is 9.52. The maximum absolute atomic E-state index is 3.50. The summed E-state index contributed by atoms with van der Waals surface area (Å²) in [5.74, 6) is 0.788. The molecule has 1 fully saturated rings. The van der Waals surface area contributed by atoms with Crippen LogP contribution in [-0.2, 0) is 0 Å². The summed E-state index contributed by atoms with van der Waals surface area (Å²) in [6, 6.07) is 5.24. The van der Waals surface area contributed by atoms with E-state index >= 15 is 0 Å². The molecule has 2 atom stereocenters. The first-order valence-electron chi connectivity index (χ1n) is 5.40. The molecule has 1 heterocycles. The van der Waals surface area contributed by atoms with Crippen LogP contribution in [0.2, 0.25) is 0 Å². The molecule has 0 saturated carbocycles. The lowest BCUT2D eigenvalue weighted by Crippen LogP contribution is -2.44. The highest BCUT2D eigenvalue weighted by Crippen LogP contribution is 2.32. The summed E-state index contributed by atoms with van der Waals surface area (Å²) in [5, 5.41) is 3.50. The number of aryl methyl sites for hydroxylation is 3. The van der Waals surface area contributed by atoms with E-state index in [1.165, 1.54) is 22.3 Å². The van der Waals surface area contributed by atoms with Gasteiger partial charge in [-0.05, 0) is 48.9 Å². The maximum Gasteiger partial charge on any atom is 0.0361 e. The second kappa shape index (κ2) is 3.39. The molecule has 1 aliphatic heterocycles. The summed E-state index contributed by atoms with van der Waals surface area (Å²) in [5.41, 5.74) is 5.73. The number of hydrogen-bond acceptors (Lipinski definition) is 1. The van der Waals surface area contributed by atoms with Crippen molar-refractivity contribution in [2.45, 2.75) is 33.7 Å². The van der Waals surface area contributed by atoms with Crippen molar-refractivity contribution in [1.82, 2.24) is 5.32 Å². The topological polar surface area (TPSA) is 12.0 Å². The Balaban J connectivity index is 2.38. The number of rotatable bonds is 1. The molecule has 76 valence electrons. The van der Waals surface area contributed by atoms with Crippen molar-refractivity contribution in [2.75, 3.05) is 6.54 Å². The molecule has 2 unspecified atom stereocenters. The second-order valence-corrected chi connectivity index (χ2v) is 4.66. The largest absolute Gasteiger partial charge is 0.309 e. The number of hydrogen-bond donors (Lipinski definition) is 1. The van der Waals surface area contributed by atoms with Crippen molar-refractivity contribution in [2.24, 2.45) is 5.92 Å². The zero-order valence-corrected chi connectivity index (χ0v) is 9.52. The molecule has 1 aliphatic rings. The second-order valence-electron chi connectivity index (χ2n) is 4.66. The Morgan fingerprint density at radius 2 is 1.71 bits per heavy atom. The van der Waals surface area contributed by atoms with Gasteiger partial charge in [-0.3, -0.25) is 0 Å². The van der Waals surface area contributed by atoms with Crippen LogP contribution in [0, 0.1) is 26.7 Å². The van der Waals surface area contributed by atoms with Crippen molar-refractivity contribution in [3.05, 3.63) is 34.4 Å². The predicted octanol–water partition coefficient (Wildman–Crippen LogP) is 2.89. The molecule has 1 aromatic carbocycles. The molecular weight excluding hydrogens is 170 g/mol. The fourth-order valence-electron chi connectivity index (χ4n) is 2.21. The summed E-state index contributed by atoms with van der Waals surface area (Å²) >= 11 is 0. The van der Waals surface area contributed by atoms with Crippen LogP contribution in [0.25, 0.3) is 0 Å². The van der Waals surface area contributed by atoms with E-state index in [0.29, 0.717) is 6.04 Å². The molecule has 2 rings (SSSR count). The molecule has 1 N–H and O–H groups in total. The lowest BCUT2D eigenvalue weighted by atomic mass is 9.84. The summed E-state index contributed by atoms with van der Waals surface area (Å²) in [7, 11) is 0. The monoisotopic (exact) mass is 189 g/mol. The lowest BCUT2D eigenvalue weighted by Gasteiger charge is -2.37. The van der Waals surface area contributed by atoms with Crippen molar-refractivity contribution in [3.63, 3.8) is 0 Å². The Bertz CT molecular complexity index is 354. The van der Waals surface area contributed by atoms with Gasteiger partial charge in [-0.25, -0.2) is 0 Å². The van der Waals surface area contributed by atoms with Crippen molar-refractivity contribution in [1.29, 1.82) is 0 Å². The normalized spacial score (nSPS) is 26.0. The highest BCUT2D eigenvalue weighted by molar-refractivity contribution is 5.39. The summed E-state index contributed by atoms with van der Waals surface area (Å²) in [4.78, 5) is 0. The molecule has 0 aromatic heterocycles. The smallest absolute Gasteiger partial charge is 0.0361 e. The average molecular weight is 189 g/mol. The van der Waals surface area contributed by atoms with Crippen LogP contribution in [0.4, 0.5) is 0 Å². The average Bonchev–Trinajstić information content (AvgIpc) is 2.12. The molecule has 1 saturated heterocycles. The van der Waals surface area contributed by atoms with Crippen LogP contribution in [-0.4, -0.2) is 6.54 Å². The molecule has 1 heteroatoms. The van der Waals surface area contributed by atoms with Gasteiger partial charge in [0, 0.05) is 12.6 Å². The third-order valence-corrected chi connectivity index (χ3v) is 3.45. The van der Waals surface area contributed by atoms with Gasteiger partial charge in [0.2, 0.25) is 0 Å². The molecule has 0 spiro atoms. The molecule has 14 heavy (non-hydrogen) atoms. The van der Waals surface area contributed by atoms with E-state index in [1.807, 2.05) is 0 Å². The van der Waals surface area contributed by atoms with Crippen LogP contribution >= 0.6 is 0 Å². The first kappa shape index (κ1) is 9.72. The Hall–Kier alpha value is -0.820. The van der Waals surface area contributed by atoms with Gasteiger partial charge in [0.15, 0.2) is 0 Å². The minimum atomic E-state index is 0.592. The first-order chi connectivity index (χ1) is 6.59. The SMILES string of the molecule is Cc1cc(C)c(C2NCC2C)cc1C. The Labute approximate surface area is 86.5 Å². The van der Waals surface area contributed by atoms with Gasteiger partial charge in [0.1, 0.15) is 0 Å². The Morgan fingerprint density at radius 3 is 2.21 bits per heavy atom. The Kier molecular flexibility index (Phi) is 2.36. The predicted molar refractivity (Wildman–Crippen MR) is 60.6 cm³/mol. The van der Waals surface area contributed by atoms with Crippen LogP contribution in [0.5, 0.6) is 0 Å². The minimum absolute atomic E-state index is 0.592. The Morgan fingerprint density at radius 1 is 1.07 bits per heavy atom. The molecule has 1 nitrogen and oxygen atoms in total. The van der Waals surface area contributed by atoms with Gasteiger partial charge in [-0.15, -0.1) is 0 Å². The molecule has 0 radical (unpaired) electrons. The van der Waals surface area contributed by atoms with E-state index in [1.54, 1.807) is 0 Å². The van der Waals surface area contributed by atoms with Crippen LogP contribution < -0.4 is 5.32 Å². The van der Waals surface area contributed by atoms with Crippen LogP contribution in [0.15, 0.2) is 12.1 Å². The minimum Gasteiger partial charge on any atom is -0.309 e. The van der Waals surface area contributed by atoms with E-state index in [0.717, 1.165) is 12.5 Å². The third kappa shape index (κ3) is 1.46. The number of nitrogens with one attached hydrogen (secondary N) is 1. The highest BCUT2D eigenvalue weighted by Gasteiger charge is 2.28. The number of benzene rings is 1. The van der Waals surface area contributed by atoms with E-state index in [-0.39, 0.29) is 0 Å². The van der Waals surface area contributed by atoms with Gasteiger partial charge in [0.25, 0.3) is 0 Å². The van der Waals surface area contributed by atoms with Crippen molar-refractivity contribution < 1.29 is 0 Å². The van der Waals surface area contributed by atoms with Gasteiger partial charge in [-0.1, -0.05) is 19.1 Å². The van der Waals surface area contributed by atoms with Crippen LogP contribution in [0.3, 0.4) is 0 Å². The maximum atomic E-state index is 3.50. The standard InChI is InChI=1S/C13H19N/c1-8-5-10(3)12(6-9(8)2)13-11(4)7-14-13/h5-6,11,13-14H,7H2,1-4H3. The van der Waals surface area contributed by atoms with Gasteiger partial charge in [0.05, 0.1) is 0 Å². The molecular formula is C13H19N. The fourth-order valence-corrected chi connectivity index (χ4v) is 2.21. The van der Waals surface area contributed by atoms with Crippen molar-refractivity contribution >= 4 is 0 Å². The van der Waals surface area contributed by atoms with E-state index in [9.17, 15) is 0 Å². The molecule has 0 bridgehead atoms. The molecule has 0 aliphatic carbocycles. The van der Waals surface area contributed by atoms with E-state index in [2.05, 4.69) is 45.1 Å². The van der Waals surface area contributed by atoms with Gasteiger partial charge < -0.3 is 5.32 Å². The van der Waals surface area contributed by atoms with Crippen LogP contribution in [0.1, 0.15) is 35.2 Å². The summed E-state index contributed by atoms with van der Waals surface area (Å²) in [6.45, 7) is 10.1. The van der Waals surface area contributed by atoms with Crippen molar-refractivity contribution in [3.8, 4) is 0 Å². The zero-order chi connectivity index (χ0) is 10.3. The van der Waals surface area contributed by atoms with Gasteiger partial charge in [-0.2, -0.15) is 0 Å². The molecule has 0 amide bonds. The fraction of sp³-hybridized carbons (Fsp3) is 0.538. The van der Waals surface area contributed by atoms with E-state index in [4.69, 9.17) is 0 Å². The lowest BCUT2D eigenvalue weighted by molar-refractivity contribution is 0.257.